The Morgan fingerprint density at radius 2 is 2.11 bits per heavy atom. The third kappa shape index (κ3) is 5.14. The van der Waals surface area contributed by atoms with Crippen LogP contribution in [0.5, 0.6) is 5.75 Å². The van der Waals surface area contributed by atoms with Crippen LogP contribution in [-0.2, 0) is 0 Å². The van der Waals surface area contributed by atoms with E-state index in [1.165, 1.54) is 18.2 Å². The summed E-state index contributed by atoms with van der Waals surface area (Å²) in [5.74, 6) is -0.0655. The summed E-state index contributed by atoms with van der Waals surface area (Å²) >= 11 is 3.33. The fourth-order valence-electron chi connectivity index (χ4n) is 1.45. The molecule has 0 saturated carbocycles. The third-order valence-electron chi connectivity index (χ3n) is 2.61. The number of rotatable bonds is 6. The van der Waals surface area contributed by atoms with Gasteiger partial charge in [-0.05, 0) is 24.1 Å². The lowest BCUT2D eigenvalue weighted by atomic mass is 10.1. The molecule has 0 saturated heterocycles. The molecule has 1 unspecified atom stereocenters. The summed E-state index contributed by atoms with van der Waals surface area (Å²) < 4.78 is 28.5. The SMILES string of the molecule is CC(C)C(CBr)NC(=O)c1cccc(OC(F)F)c1. The van der Waals surface area contributed by atoms with Gasteiger partial charge in [0.25, 0.3) is 5.91 Å². The molecule has 0 radical (unpaired) electrons. The van der Waals surface area contributed by atoms with Crippen molar-refractivity contribution in [3.63, 3.8) is 0 Å². The highest BCUT2D eigenvalue weighted by atomic mass is 79.9. The quantitative estimate of drug-likeness (QED) is 0.809. The van der Waals surface area contributed by atoms with Crippen LogP contribution in [0.1, 0.15) is 24.2 Å². The first-order chi connectivity index (χ1) is 8.93. The van der Waals surface area contributed by atoms with E-state index in [4.69, 9.17) is 0 Å². The molecular formula is C13H16BrF2NO2. The van der Waals surface area contributed by atoms with Crippen molar-refractivity contribution in [3.8, 4) is 5.75 Å². The van der Waals surface area contributed by atoms with Crippen molar-refractivity contribution in [2.75, 3.05) is 5.33 Å². The van der Waals surface area contributed by atoms with E-state index in [1.807, 2.05) is 13.8 Å². The number of benzene rings is 1. The maximum Gasteiger partial charge on any atom is 0.387 e. The van der Waals surface area contributed by atoms with E-state index in [0.717, 1.165) is 0 Å². The van der Waals surface area contributed by atoms with Crippen molar-refractivity contribution >= 4 is 21.8 Å². The van der Waals surface area contributed by atoms with Crippen LogP contribution in [0.3, 0.4) is 0 Å². The molecule has 1 aromatic carbocycles. The zero-order chi connectivity index (χ0) is 14.4. The number of carbonyl (C=O) groups excluding carboxylic acids is 1. The Labute approximate surface area is 119 Å². The number of hydrogen-bond donors (Lipinski definition) is 1. The molecule has 19 heavy (non-hydrogen) atoms. The van der Waals surface area contributed by atoms with Crippen molar-refractivity contribution in [2.24, 2.45) is 5.92 Å². The summed E-state index contributed by atoms with van der Waals surface area (Å²) in [6.07, 6.45) is 0. The smallest absolute Gasteiger partial charge is 0.387 e. The Morgan fingerprint density at radius 1 is 1.42 bits per heavy atom. The lowest BCUT2D eigenvalue weighted by Crippen LogP contribution is -2.39. The maximum atomic E-state index is 12.1. The molecule has 1 amide bonds. The largest absolute Gasteiger partial charge is 0.435 e. The maximum absolute atomic E-state index is 12.1. The predicted octanol–water partition coefficient (Wildman–Crippen LogP) is 3.44. The predicted molar refractivity (Wildman–Crippen MR) is 73.0 cm³/mol. The molecule has 1 atom stereocenters. The Bertz CT molecular complexity index is 427. The summed E-state index contributed by atoms with van der Waals surface area (Å²) in [6, 6.07) is 5.72. The van der Waals surface area contributed by atoms with E-state index >= 15 is 0 Å². The van der Waals surface area contributed by atoms with Crippen LogP contribution in [-0.4, -0.2) is 23.9 Å². The molecule has 0 fully saturated rings. The van der Waals surface area contributed by atoms with E-state index in [-0.39, 0.29) is 23.6 Å². The number of hydrogen-bond acceptors (Lipinski definition) is 2. The molecule has 106 valence electrons. The summed E-state index contributed by atoms with van der Waals surface area (Å²) in [5.41, 5.74) is 0.296. The highest BCUT2D eigenvalue weighted by molar-refractivity contribution is 9.09. The molecular weight excluding hydrogens is 320 g/mol. The van der Waals surface area contributed by atoms with Crippen molar-refractivity contribution in [3.05, 3.63) is 29.8 Å². The zero-order valence-corrected chi connectivity index (χ0v) is 12.3. The van der Waals surface area contributed by atoms with Crippen LogP contribution in [0.2, 0.25) is 0 Å². The van der Waals surface area contributed by atoms with Gasteiger partial charge < -0.3 is 10.1 Å². The molecule has 0 bridgehead atoms. The molecule has 0 aliphatic heterocycles. The van der Waals surface area contributed by atoms with Crippen molar-refractivity contribution in [1.82, 2.24) is 5.32 Å². The number of halogens is 3. The molecule has 0 spiro atoms. The van der Waals surface area contributed by atoms with Crippen LogP contribution in [0.25, 0.3) is 0 Å². The van der Waals surface area contributed by atoms with Gasteiger partial charge >= 0.3 is 6.61 Å². The Kier molecular flexibility index (Phi) is 6.21. The normalized spacial score (nSPS) is 12.6. The van der Waals surface area contributed by atoms with Crippen LogP contribution >= 0.6 is 15.9 Å². The van der Waals surface area contributed by atoms with Gasteiger partial charge in [-0.3, -0.25) is 4.79 Å². The minimum atomic E-state index is -2.90. The number of ether oxygens (including phenoxy) is 1. The Balaban J connectivity index is 2.76. The van der Waals surface area contributed by atoms with Gasteiger partial charge in [-0.2, -0.15) is 8.78 Å². The highest BCUT2D eigenvalue weighted by Gasteiger charge is 2.16. The average molecular weight is 336 g/mol. The van der Waals surface area contributed by atoms with Gasteiger partial charge in [-0.25, -0.2) is 0 Å². The molecule has 3 nitrogen and oxygen atoms in total. The fraction of sp³-hybridized carbons (Fsp3) is 0.462. The number of alkyl halides is 3. The molecule has 0 aliphatic carbocycles. The van der Waals surface area contributed by atoms with Crippen LogP contribution in [0.15, 0.2) is 24.3 Å². The van der Waals surface area contributed by atoms with Gasteiger partial charge in [0.2, 0.25) is 0 Å². The third-order valence-corrected chi connectivity index (χ3v) is 3.31. The Morgan fingerprint density at radius 3 is 2.63 bits per heavy atom. The summed E-state index contributed by atoms with van der Waals surface area (Å²) in [4.78, 5) is 12.0. The first kappa shape index (κ1) is 15.9. The minimum absolute atomic E-state index is 0.0211. The number of nitrogens with one attached hydrogen (secondary N) is 1. The second-order valence-corrected chi connectivity index (χ2v) is 5.03. The van der Waals surface area contributed by atoms with Crippen molar-refractivity contribution in [1.29, 1.82) is 0 Å². The second kappa shape index (κ2) is 7.43. The fourth-order valence-corrected chi connectivity index (χ4v) is 2.36. The first-order valence-electron chi connectivity index (χ1n) is 5.85. The lowest BCUT2D eigenvalue weighted by Gasteiger charge is -2.20. The van der Waals surface area contributed by atoms with E-state index in [1.54, 1.807) is 6.07 Å². The van der Waals surface area contributed by atoms with Crippen molar-refractivity contribution in [2.45, 2.75) is 26.5 Å². The first-order valence-corrected chi connectivity index (χ1v) is 6.98. The monoisotopic (exact) mass is 335 g/mol. The molecule has 1 N–H and O–H groups in total. The second-order valence-electron chi connectivity index (χ2n) is 4.38. The number of amides is 1. The van der Waals surface area contributed by atoms with E-state index in [0.29, 0.717) is 10.9 Å². The Hall–Kier alpha value is -1.17. The van der Waals surface area contributed by atoms with Gasteiger partial charge in [-0.1, -0.05) is 35.8 Å². The van der Waals surface area contributed by atoms with Gasteiger partial charge in [0.15, 0.2) is 0 Å². The zero-order valence-electron chi connectivity index (χ0n) is 10.7. The summed E-state index contributed by atoms with van der Waals surface area (Å²) in [7, 11) is 0. The van der Waals surface area contributed by atoms with Crippen molar-refractivity contribution < 1.29 is 18.3 Å². The minimum Gasteiger partial charge on any atom is -0.435 e. The van der Waals surface area contributed by atoms with E-state index in [2.05, 4.69) is 26.0 Å². The number of carbonyl (C=O) groups is 1. The van der Waals surface area contributed by atoms with Gasteiger partial charge in [0.05, 0.1) is 0 Å². The topological polar surface area (TPSA) is 38.3 Å². The molecule has 1 aromatic rings. The molecule has 0 aromatic heterocycles. The van der Waals surface area contributed by atoms with E-state index < -0.39 is 6.61 Å². The summed E-state index contributed by atoms with van der Waals surface area (Å²) in [6.45, 7) is 1.08. The molecule has 0 heterocycles. The molecule has 0 aliphatic rings. The van der Waals surface area contributed by atoms with Crippen LogP contribution in [0.4, 0.5) is 8.78 Å². The highest BCUT2D eigenvalue weighted by Crippen LogP contribution is 2.16. The van der Waals surface area contributed by atoms with Crippen LogP contribution < -0.4 is 10.1 Å². The average Bonchev–Trinajstić information content (AvgIpc) is 2.34. The van der Waals surface area contributed by atoms with Gasteiger partial charge in [0, 0.05) is 16.9 Å². The lowest BCUT2D eigenvalue weighted by molar-refractivity contribution is -0.0498. The molecule has 1 rings (SSSR count). The van der Waals surface area contributed by atoms with Gasteiger partial charge in [0.1, 0.15) is 5.75 Å². The molecule has 6 heteroatoms. The standard InChI is InChI=1S/C13H16BrF2NO2/c1-8(2)11(7-14)17-12(18)9-4-3-5-10(6-9)19-13(15)16/h3-6,8,11,13H,7H2,1-2H3,(H,17,18). The van der Waals surface area contributed by atoms with Crippen LogP contribution in [0, 0.1) is 5.92 Å². The van der Waals surface area contributed by atoms with Gasteiger partial charge in [-0.15, -0.1) is 0 Å². The van der Waals surface area contributed by atoms with E-state index in [9.17, 15) is 13.6 Å². The summed E-state index contributed by atoms with van der Waals surface area (Å²) in [5, 5.41) is 3.46.